The molecular weight excluding hydrogens is 395 g/mol. The zero-order chi connectivity index (χ0) is 19.4. The van der Waals surface area contributed by atoms with E-state index in [1.54, 1.807) is 25.1 Å². The highest BCUT2D eigenvalue weighted by molar-refractivity contribution is 7.99. The molecule has 1 amide bonds. The molecule has 0 saturated carbocycles. The van der Waals surface area contributed by atoms with Crippen LogP contribution in [0.2, 0.25) is 0 Å². The molecule has 0 atom stereocenters. The Morgan fingerprint density at radius 1 is 1.26 bits per heavy atom. The lowest BCUT2D eigenvalue weighted by atomic mass is 10.1. The van der Waals surface area contributed by atoms with Crippen molar-refractivity contribution >= 4 is 34.1 Å². The molecule has 0 bridgehead atoms. The number of benzene rings is 1. The zero-order valence-electron chi connectivity index (χ0n) is 14.1. The summed E-state index contributed by atoms with van der Waals surface area (Å²) in [6.07, 6.45) is 1.70. The third kappa shape index (κ3) is 4.86. The van der Waals surface area contributed by atoms with Gasteiger partial charge >= 0.3 is 0 Å². The van der Waals surface area contributed by atoms with Crippen LogP contribution in [0.5, 0.6) is 0 Å². The van der Waals surface area contributed by atoms with E-state index in [-0.39, 0.29) is 28.2 Å². The van der Waals surface area contributed by atoms with Crippen molar-refractivity contribution in [3.8, 4) is 0 Å². The molecule has 0 aliphatic carbocycles. The average molecular weight is 409 g/mol. The van der Waals surface area contributed by atoms with Crippen molar-refractivity contribution in [3.05, 3.63) is 70.1 Å². The Bertz CT molecular complexity index is 963. The minimum atomic E-state index is -2.68. The number of hydrogen-bond acceptors (Lipinski definition) is 5. The second kappa shape index (κ2) is 8.53. The van der Waals surface area contributed by atoms with Crippen molar-refractivity contribution in [2.45, 2.75) is 24.1 Å². The number of rotatable bonds is 6. The van der Waals surface area contributed by atoms with Crippen LogP contribution in [0.4, 0.5) is 18.3 Å². The Morgan fingerprint density at radius 2 is 2.04 bits per heavy atom. The largest absolute Gasteiger partial charge is 0.298 e. The Labute approximate surface area is 161 Å². The molecular formula is C18H14F3N3OS2. The second-order valence-electron chi connectivity index (χ2n) is 5.48. The number of thioether (sulfide) groups is 1. The number of anilines is 1. The Kier molecular flexibility index (Phi) is 6.12. The predicted octanol–water partition coefficient (Wildman–Crippen LogP) is 5.14. The summed E-state index contributed by atoms with van der Waals surface area (Å²) >= 11 is 1.43. The summed E-state index contributed by atoms with van der Waals surface area (Å²) < 4.78 is 39.1. The van der Waals surface area contributed by atoms with Crippen LogP contribution in [0.1, 0.15) is 26.5 Å². The van der Waals surface area contributed by atoms with E-state index in [0.29, 0.717) is 22.8 Å². The highest BCUT2D eigenvalue weighted by Gasteiger charge is 2.19. The fourth-order valence-corrected chi connectivity index (χ4v) is 3.93. The maximum Gasteiger partial charge on any atom is 0.290 e. The van der Waals surface area contributed by atoms with E-state index in [0.717, 1.165) is 4.88 Å². The number of carbonyl (C=O) groups excluding carboxylic acids is 1. The van der Waals surface area contributed by atoms with E-state index in [1.165, 1.54) is 35.7 Å². The molecule has 9 heteroatoms. The fraction of sp³-hybridized carbons (Fsp3) is 0.167. The zero-order valence-corrected chi connectivity index (χ0v) is 15.7. The third-order valence-electron chi connectivity index (χ3n) is 3.64. The van der Waals surface area contributed by atoms with Gasteiger partial charge in [-0.15, -0.1) is 11.3 Å². The number of hydrogen-bond donors (Lipinski definition) is 1. The van der Waals surface area contributed by atoms with Crippen molar-refractivity contribution < 1.29 is 18.0 Å². The molecule has 3 rings (SSSR count). The molecule has 0 aliphatic rings. The Hall–Kier alpha value is -2.39. The van der Waals surface area contributed by atoms with Gasteiger partial charge in [0.2, 0.25) is 0 Å². The van der Waals surface area contributed by atoms with E-state index < -0.39 is 11.7 Å². The van der Waals surface area contributed by atoms with Gasteiger partial charge < -0.3 is 0 Å². The second-order valence-corrected chi connectivity index (χ2v) is 7.55. The predicted molar refractivity (Wildman–Crippen MR) is 100 cm³/mol. The van der Waals surface area contributed by atoms with Crippen LogP contribution >= 0.6 is 23.1 Å². The monoisotopic (exact) mass is 409 g/mol. The van der Waals surface area contributed by atoms with Gasteiger partial charge in [-0.3, -0.25) is 10.1 Å². The normalized spacial score (nSPS) is 11.0. The quantitative estimate of drug-likeness (QED) is 0.573. The van der Waals surface area contributed by atoms with Crippen molar-refractivity contribution in [3.63, 3.8) is 0 Å². The minimum Gasteiger partial charge on any atom is -0.298 e. The molecule has 27 heavy (non-hydrogen) atoms. The van der Waals surface area contributed by atoms with Crippen LogP contribution in [0.15, 0.2) is 47.6 Å². The van der Waals surface area contributed by atoms with Gasteiger partial charge in [0.1, 0.15) is 10.8 Å². The summed E-state index contributed by atoms with van der Waals surface area (Å²) in [5.41, 5.74) is 1.25. The molecule has 140 valence electrons. The molecule has 0 radical (unpaired) electrons. The molecule has 1 N–H and O–H groups in total. The van der Waals surface area contributed by atoms with Crippen LogP contribution in [0.3, 0.4) is 0 Å². The van der Waals surface area contributed by atoms with E-state index in [4.69, 9.17) is 0 Å². The van der Waals surface area contributed by atoms with Gasteiger partial charge in [-0.05, 0) is 42.4 Å². The molecule has 2 heterocycles. The van der Waals surface area contributed by atoms with Gasteiger partial charge in [0.15, 0.2) is 5.13 Å². The Balaban J connectivity index is 1.77. The van der Waals surface area contributed by atoms with Gasteiger partial charge in [-0.1, -0.05) is 18.2 Å². The minimum absolute atomic E-state index is 0.0475. The highest BCUT2D eigenvalue weighted by Crippen LogP contribution is 2.29. The first-order valence-corrected chi connectivity index (χ1v) is 9.54. The lowest BCUT2D eigenvalue weighted by Gasteiger charge is -2.06. The van der Waals surface area contributed by atoms with Crippen LogP contribution < -0.4 is 5.32 Å². The summed E-state index contributed by atoms with van der Waals surface area (Å²) in [5.74, 6) is -3.56. The van der Waals surface area contributed by atoms with Gasteiger partial charge in [0.05, 0.1) is 11.3 Å². The molecule has 0 unspecified atom stereocenters. The topological polar surface area (TPSA) is 54.9 Å². The van der Waals surface area contributed by atoms with Crippen LogP contribution in [0, 0.1) is 12.7 Å². The number of nitrogens with one attached hydrogen (secondary N) is 1. The SMILES string of the molecule is Cc1nc(NC(=O)c2cccnc2SC(F)F)sc1Cc1ccccc1F. The Morgan fingerprint density at radius 3 is 2.78 bits per heavy atom. The first kappa shape index (κ1) is 19.4. The lowest BCUT2D eigenvalue weighted by Crippen LogP contribution is -2.13. The van der Waals surface area contributed by atoms with E-state index >= 15 is 0 Å². The number of thiazole rings is 1. The first-order valence-electron chi connectivity index (χ1n) is 7.85. The molecule has 0 spiro atoms. The molecule has 4 nitrogen and oxygen atoms in total. The van der Waals surface area contributed by atoms with Gasteiger partial charge in [0, 0.05) is 17.5 Å². The van der Waals surface area contributed by atoms with Gasteiger partial charge in [-0.2, -0.15) is 8.78 Å². The molecule has 0 aliphatic heterocycles. The third-order valence-corrected chi connectivity index (χ3v) is 5.44. The highest BCUT2D eigenvalue weighted by atomic mass is 32.2. The molecule has 0 fully saturated rings. The van der Waals surface area contributed by atoms with Crippen molar-refractivity contribution in [2.75, 3.05) is 5.32 Å². The first-order chi connectivity index (χ1) is 12.9. The van der Waals surface area contributed by atoms with E-state index in [1.807, 2.05) is 0 Å². The molecule has 2 aromatic heterocycles. The number of halogens is 3. The number of alkyl halides is 2. The fourth-order valence-electron chi connectivity index (χ4n) is 2.37. The van der Waals surface area contributed by atoms with E-state index in [2.05, 4.69) is 15.3 Å². The van der Waals surface area contributed by atoms with Crippen LogP contribution in [-0.4, -0.2) is 21.6 Å². The maximum atomic E-state index is 13.8. The number of aryl methyl sites for hydroxylation is 1. The van der Waals surface area contributed by atoms with Crippen LogP contribution in [-0.2, 0) is 6.42 Å². The van der Waals surface area contributed by atoms with Crippen molar-refractivity contribution in [2.24, 2.45) is 0 Å². The van der Waals surface area contributed by atoms with Crippen molar-refractivity contribution in [1.82, 2.24) is 9.97 Å². The van der Waals surface area contributed by atoms with Crippen LogP contribution in [0.25, 0.3) is 0 Å². The number of nitrogens with zero attached hydrogens (tertiary/aromatic N) is 2. The summed E-state index contributed by atoms with van der Waals surface area (Å²) in [7, 11) is 0. The number of amides is 1. The van der Waals surface area contributed by atoms with Crippen molar-refractivity contribution in [1.29, 1.82) is 0 Å². The lowest BCUT2D eigenvalue weighted by molar-refractivity contribution is 0.102. The number of pyridine rings is 1. The smallest absolute Gasteiger partial charge is 0.290 e. The molecule has 0 saturated heterocycles. The summed E-state index contributed by atoms with van der Waals surface area (Å²) in [6, 6.07) is 9.37. The number of carbonyl (C=O) groups is 1. The standard InChI is InChI=1S/C18H14F3N3OS2/c1-10-14(9-11-5-2-3-7-13(11)19)26-18(23-10)24-15(25)12-6-4-8-22-16(12)27-17(20)21/h2-8,17H,9H2,1H3,(H,23,24,25). The summed E-state index contributed by atoms with van der Waals surface area (Å²) in [5, 5.41) is 2.88. The summed E-state index contributed by atoms with van der Waals surface area (Å²) in [6.45, 7) is 1.77. The molecule has 3 aromatic rings. The molecule has 1 aromatic carbocycles. The average Bonchev–Trinajstić information content (AvgIpc) is 2.96. The van der Waals surface area contributed by atoms with Gasteiger partial charge in [-0.25, -0.2) is 14.4 Å². The van der Waals surface area contributed by atoms with E-state index in [9.17, 15) is 18.0 Å². The number of aromatic nitrogens is 2. The van der Waals surface area contributed by atoms with Gasteiger partial charge in [0.25, 0.3) is 11.7 Å². The summed E-state index contributed by atoms with van der Waals surface area (Å²) in [4.78, 5) is 21.4. The maximum absolute atomic E-state index is 13.8.